The number of hydrogen-bond donors (Lipinski definition) is 1. The maximum absolute atomic E-state index is 12.2. The molecule has 0 aliphatic carbocycles. The van der Waals surface area contributed by atoms with Crippen LogP contribution in [0.25, 0.3) is 0 Å². The van der Waals surface area contributed by atoms with Crippen molar-refractivity contribution >= 4 is 6.03 Å². The van der Waals surface area contributed by atoms with Crippen molar-refractivity contribution in [1.82, 2.24) is 10.2 Å². The van der Waals surface area contributed by atoms with Gasteiger partial charge in [0.2, 0.25) is 0 Å². The number of hydrogen-bond acceptors (Lipinski definition) is 3. The predicted octanol–water partition coefficient (Wildman–Crippen LogP) is 3.65. The first kappa shape index (κ1) is 17.7. The maximum atomic E-state index is 12.2. The zero-order valence-electron chi connectivity index (χ0n) is 14.2. The van der Waals surface area contributed by atoms with Crippen LogP contribution in [-0.4, -0.2) is 30.8 Å². The molecule has 0 aliphatic heterocycles. The fourth-order valence-corrected chi connectivity index (χ4v) is 2.22. The highest BCUT2D eigenvalue weighted by Crippen LogP contribution is 2.17. The molecular formula is C19H24N2O3. The number of urea groups is 1. The molecule has 0 atom stereocenters. The van der Waals surface area contributed by atoms with Crippen molar-refractivity contribution in [3.8, 4) is 11.5 Å². The summed E-state index contributed by atoms with van der Waals surface area (Å²) in [6.45, 7) is 5.85. The van der Waals surface area contributed by atoms with Crippen molar-refractivity contribution in [2.75, 3.05) is 19.9 Å². The minimum atomic E-state index is -0.146. The molecule has 5 nitrogen and oxygen atoms in total. The number of carbonyl (C=O) groups is 1. The van der Waals surface area contributed by atoms with Gasteiger partial charge in [-0.2, -0.15) is 0 Å². The molecule has 2 rings (SSSR count). The van der Waals surface area contributed by atoms with Crippen LogP contribution >= 0.6 is 0 Å². The van der Waals surface area contributed by atoms with Crippen molar-refractivity contribution in [1.29, 1.82) is 0 Å². The zero-order chi connectivity index (χ0) is 17.2. The monoisotopic (exact) mass is 328 g/mol. The lowest BCUT2D eigenvalue weighted by molar-refractivity contribution is 0.184. The number of benzene rings is 2. The predicted molar refractivity (Wildman–Crippen MR) is 94.2 cm³/mol. The molecule has 0 saturated heterocycles. The van der Waals surface area contributed by atoms with Crippen LogP contribution in [-0.2, 0) is 6.54 Å². The first-order valence-corrected chi connectivity index (χ1v) is 8.15. The molecule has 24 heavy (non-hydrogen) atoms. The number of rotatable bonds is 8. The second kappa shape index (κ2) is 9.45. The lowest BCUT2D eigenvalue weighted by atomic mass is 10.2. The molecule has 0 bridgehead atoms. The van der Waals surface area contributed by atoms with Crippen LogP contribution in [0.4, 0.5) is 4.79 Å². The Morgan fingerprint density at radius 2 is 1.58 bits per heavy atom. The van der Waals surface area contributed by atoms with Gasteiger partial charge in [-0.3, -0.25) is 0 Å². The van der Waals surface area contributed by atoms with Crippen molar-refractivity contribution in [3.63, 3.8) is 0 Å². The van der Waals surface area contributed by atoms with E-state index in [-0.39, 0.29) is 12.8 Å². The van der Waals surface area contributed by atoms with Crippen LogP contribution in [0.2, 0.25) is 0 Å². The molecular weight excluding hydrogens is 304 g/mol. The molecule has 0 aromatic heterocycles. The fraction of sp³-hybridized carbons (Fsp3) is 0.316. The minimum absolute atomic E-state index is 0.123. The van der Waals surface area contributed by atoms with E-state index in [2.05, 4.69) is 5.32 Å². The molecule has 2 amide bonds. The Morgan fingerprint density at radius 3 is 2.17 bits per heavy atom. The highest BCUT2D eigenvalue weighted by atomic mass is 16.5. The highest BCUT2D eigenvalue weighted by Gasteiger charge is 2.11. The molecule has 5 heteroatoms. The van der Waals surface area contributed by atoms with Crippen molar-refractivity contribution in [2.45, 2.75) is 20.4 Å². The summed E-state index contributed by atoms with van der Waals surface area (Å²) in [5.41, 5.74) is 1.10. The van der Waals surface area contributed by atoms with Crippen LogP contribution in [0, 0.1) is 0 Å². The Balaban J connectivity index is 1.78. The normalized spacial score (nSPS) is 10.1. The average Bonchev–Trinajstić information content (AvgIpc) is 2.62. The average molecular weight is 328 g/mol. The van der Waals surface area contributed by atoms with Crippen molar-refractivity contribution in [3.05, 3.63) is 60.2 Å². The number of carbonyl (C=O) groups excluding carboxylic acids is 1. The largest absolute Gasteiger partial charge is 0.494 e. The Bertz CT molecular complexity index is 614. The van der Waals surface area contributed by atoms with E-state index in [4.69, 9.17) is 9.47 Å². The first-order valence-electron chi connectivity index (χ1n) is 8.15. The van der Waals surface area contributed by atoms with Gasteiger partial charge in [0.1, 0.15) is 11.5 Å². The number of nitrogens with one attached hydrogen (secondary N) is 1. The lowest BCUT2D eigenvalue weighted by Crippen LogP contribution is -2.41. The molecule has 0 heterocycles. The smallest absolute Gasteiger partial charge is 0.320 e. The van der Waals surface area contributed by atoms with E-state index < -0.39 is 0 Å². The molecule has 0 spiro atoms. The highest BCUT2D eigenvalue weighted by molar-refractivity contribution is 5.74. The van der Waals surface area contributed by atoms with Gasteiger partial charge in [-0.15, -0.1) is 0 Å². The van der Waals surface area contributed by atoms with Gasteiger partial charge in [0.25, 0.3) is 0 Å². The van der Waals surface area contributed by atoms with Gasteiger partial charge < -0.3 is 19.7 Å². The first-order chi connectivity index (χ1) is 11.7. The summed E-state index contributed by atoms with van der Waals surface area (Å²) in [5, 5.41) is 2.78. The molecule has 0 radical (unpaired) electrons. The van der Waals surface area contributed by atoms with E-state index in [1.165, 1.54) is 0 Å². The van der Waals surface area contributed by atoms with Gasteiger partial charge in [0.05, 0.1) is 6.61 Å². The third-order valence-corrected chi connectivity index (χ3v) is 3.48. The van der Waals surface area contributed by atoms with E-state index in [0.717, 1.165) is 11.3 Å². The Labute approximate surface area is 143 Å². The summed E-state index contributed by atoms with van der Waals surface area (Å²) < 4.78 is 10.9. The lowest BCUT2D eigenvalue weighted by Gasteiger charge is -2.21. The summed E-state index contributed by atoms with van der Waals surface area (Å²) >= 11 is 0. The summed E-state index contributed by atoms with van der Waals surface area (Å²) in [6.07, 6.45) is 0. The Kier molecular flexibility index (Phi) is 6.95. The van der Waals surface area contributed by atoms with Crippen LogP contribution < -0.4 is 14.8 Å². The molecule has 128 valence electrons. The molecule has 2 aromatic rings. The third kappa shape index (κ3) is 5.50. The Hall–Kier alpha value is -2.69. The SMILES string of the molecule is CCOc1ccc(OCNC(=O)N(CC)Cc2ccccc2)cc1. The van der Waals surface area contributed by atoms with E-state index in [1.54, 1.807) is 4.90 Å². The second-order valence-electron chi connectivity index (χ2n) is 5.17. The van der Waals surface area contributed by atoms with Gasteiger partial charge >= 0.3 is 6.03 Å². The quantitative estimate of drug-likeness (QED) is 0.753. The van der Waals surface area contributed by atoms with Gasteiger partial charge in [0.15, 0.2) is 6.73 Å². The van der Waals surface area contributed by atoms with E-state index in [0.29, 0.717) is 25.4 Å². The Morgan fingerprint density at radius 1 is 0.958 bits per heavy atom. The fourth-order valence-electron chi connectivity index (χ4n) is 2.22. The van der Waals surface area contributed by atoms with E-state index in [1.807, 2.05) is 68.4 Å². The third-order valence-electron chi connectivity index (χ3n) is 3.48. The molecule has 1 N–H and O–H groups in total. The van der Waals surface area contributed by atoms with Gasteiger partial charge in [-0.1, -0.05) is 30.3 Å². The van der Waals surface area contributed by atoms with Gasteiger partial charge in [-0.05, 0) is 43.7 Å². The maximum Gasteiger partial charge on any atom is 0.320 e. The standard InChI is InChI=1S/C19H24N2O3/c1-3-21(14-16-8-6-5-7-9-16)19(22)20-15-24-18-12-10-17(11-13-18)23-4-2/h5-13H,3-4,14-15H2,1-2H3,(H,20,22). The summed E-state index contributed by atoms with van der Waals surface area (Å²) in [7, 11) is 0. The topological polar surface area (TPSA) is 50.8 Å². The van der Waals surface area contributed by atoms with Crippen LogP contribution in [0.3, 0.4) is 0 Å². The molecule has 0 saturated carbocycles. The summed E-state index contributed by atoms with van der Waals surface area (Å²) in [5.74, 6) is 1.48. The summed E-state index contributed by atoms with van der Waals surface area (Å²) in [6, 6.07) is 17.1. The molecule has 2 aromatic carbocycles. The van der Waals surface area contributed by atoms with Crippen molar-refractivity contribution < 1.29 is 14.3 Å². The van der Waals surface area contributed by atoms with Crippen molar-refractivity contribution in [2.24, 2.45) is 0 Å². The van der Waals surface area contributed by atoms with E-state index in [9.17, 15) is 4.79 Å². The zero-order valence-corrected chi connectivity index (χ0v) is 14.2. The number of amides is 2. The molecule has 0 unspecified atom stereocenters. The van der Waals surface area contributed by atoms with Crippen LogP contribution in [0.1, 0.15) is 19.4 Å². The molecule has 0 fully saturated rings. The number of nitrogens with zero attached hydrogens (tertiary/aromatic N) is 1. The van der Waals surface area contributed by atoms with Crippen LogP contribution in [0.15, 0.2) is 54.6 Å². The number of ether oxygens (including phenoxy) is 2. The van der Waals surface area contributed by atoms with Gasteiger partial charge in [-0.25, -0.2) is 4.79 Å². The van der Waals surface area contributed by atoms with E-state index >= 15 is 0 Å². The van der Waals surface area contributed by atoms with Crippen LogP contribution in [0.5, 0.6) is 11.5 Å². The minimum Gasteiger partial charge on any atom is -0.494 e. The molecule has 0 aliphatic rings. The van der Waals surface area contributed by atoms with Gasteiger partial charge in [0, 0.05) is 13.1 Å². The summed E-state index contributed by atoms with van der Waals surface area (Å²) in [4.78, 5) is 14.0. The second-order valence-corrected chi connectivity index (χ2v) is 5.17.